The molecule has 0 aromatic carbocycles. The van der Waals surface area contributed by atoms with Crippen molar-refractivity contribution in [1.29, 1.82) is 0 Å². The summed E-state index contributed by atoms with van der Waals surface area (Å²) in [5.74, 6) is 1.18. The molecule has 118 valence electrons. The molecule has 1 aliphatic heterocycles. The summed E-state index contributed by atoms with van der Waals surface area (Å²) in [5.41, 5.74) is 0.924. The van der Waals surface area contributed by atoms with Crippen LogP contribution in [0, 0.1) is 11.7 Å². The molecule has 1 aromatic rings. The zero-order valence-electron chi connectivity index (χ0n) is 13.2. The summed E-state index contributed by atoms with van der Waals surface area (Å²) < 4.78 is 19.2. The lowest BCUT2D eigenvalue weighted by Gasteiger charge is -2.34. The molecule has 1 atom stereocenters. The maximum Gasteiger partial charge on any atom is 0.141 e. The first-order chi connectivity index (χ1) is 10.1. The zero-order valence-corrected chi connectivity index (χ0v) is 13.2. The molecule has 1 fully saturated rings. The summed E-state index contributed by atoms with van der Waals surface area (Å²) in [5, 5.41) is 3.37. The van der Waals surface area contributed by atoms with E-state index in [1.807, 2.05) is 0 Å². The summed E-state index contributed by atoms with van der Waals surface area (Å²) in [6, 6.07) is 1.59. The second-order valence-electron chi connectivity index (χ2n) is 6.01. The van der Waals surface area contributed by atoms with Gasteiger partial charge in [-0.1, -0.05) is 20.8 Å². The number of hydrogen-bond donors (Lipinski definition) is 1. The highest BCUT2D eigenvalue weighted by molar-refractivity contribution is 5.47. The van der Waals surface area contributed by atoms with Crippen LogP contribution in [-0.4, -0.2) is 37.3 Å². The molecule has 4 nitrogen and oxygen atoms in total. The quantitative estimate of drug-likeness (QED) is 0.875. The van der Waals surface area contributed by atoms with Crippen LogP contribution in [0.4, 0.5) is 10.2 Å². The number of anilines is 1. The SMILES string of the molecule is CCC1CN(c2ncc(F)cc2CNCC(C)C)CCO1. The minimum Gasteiger partial charge on any atom is -0.375 e. The number of nitrogens with zero attached hydrogens (tertiary/aromatic N) is 2. The second kappa shape index (κ2) is 7.71. The Morgan fingerprint density at radius 2 is 2.33 bits per heavy atom. The van der Waals surface area contributed by atoms with Crippen molar-refractivity contribution in [1.82, 2.24) is 10.3 Å². The van der Waals surface area contributed by atoms with E-state index in [1.165, 1.54) is 6.20 Å². The van der Waals surface area contributed by atoms with Crippen LogP contribution in [0.3, 0.4) is 0 Å². The molecular weight excluding hydrogens is 269 g/mol. The lowest BCUT2D eigenvalue weighted by atomic mass is 10.1. The summed E-state index contributed by atoms with van der Waals surface area (Å²) in [7, 11) is 0. The number of nitrogens with one attached hydrogen (secondary N) is 1. The van der Waals surface area contributed by atoms with Crippen molar-refractivity contribution in [2.45, 2.75) is 39.8 Å². The predicted molar refractivity (Wildman–Crippen MR) is 83.0 cm³/mol. The minimum atomic E-state index is -0.277. The molecule has 0 saturated carbocycles. The highest BCUT2D eigenvalue weighted by Gasteiger charge is 2.22. The first-order valence-electron chi connectivity index (χ1n) is 7.81. The Kier molecular flexibility index (Phi) is 5.94. The van der Waals surface area contributed by atoms with E-state index in [2.05, 4.69) is 36.0 Å². The topological polar surface area (TPSA) is 37.4 Å². The van der Waals surface area contributed by atoms with E-state index >= 15 is 0 Å². The number of rotatable bonds is 6. The highest BCUT2D eigenvalue weighted by atomic mass is 19.1. The van der Waals surface area contributed by atoms with Crippen molar-refractivity contribution < 1.29 is 9.13 Å². The molecule has 0 aliphatic carbocycles. The molecule has 1 N–H and O–H groups in total. The van der Waals surface area contributed by atoms with Crippen LogP contribution in [0.5, 0.6) is 0 Å². The van der Waals surface area contributed by atoms with Gasteiger partial charge < -0.3 is 15.0 Å². The summed E-state index contributed by atoms with van der Waals surface area (Å²) >= 11 is 0. The second-order valence-corrected chi connectivity index (χ2v) is 6.01. The summed E-state index contributed by atoms with van der Waals surface area (Å²) in [4.78, 5) is 6.54. The van der Waals surface area contributed by atoms with Crippen LogP contribution in [0.1, 0.15) is 32.8 Å². The molecule has 1 unspecified atom stereocenters. The molecule has 0 bridgehead atoms. The lowest BCUT2D eigenvalue weighted by Crippen LogP contribution is -2.43. The first kappa shape index (κ1) is 16.2. The van der Waals surface area contributed by atoms with E-state index in [-0.39, 0.29) is 11.9 Å². The van der Waals surface area contributed by atoms with Gasteiger partial charge in [-0.25, -0.2) is 9.37 Å². The van der Waals surface area contributed by atoms with Crippen molar-refractivity contribution in [3.63, 3.8) is 0 Å². The molecule has 1 aromatic heterocycles. The molecule has 1 saturated heterocycles. The lowest BCUT2D eigenvalue weighted by molar-refractivity contribution is 0.0381. The first-order valence-corrected chi connectivity index (χ1v) is 7.81. The maximum absolute atomic E-state index is 13.5. The fraction of sp³-hybridized carbons (Fsp3) is 0.688. The van der Waals surface area contributed by atoms with Crippen molar-refractivity contribution in [3.05, 3.63) is 23.6 Å². The van der Waals surface area contributed by atoms with E-state index < -0.39 is 0 Å². The van der Waals surface area contributed by atoms with Gasteiger partial charge in [0, 0.05) is 25.2 Å². The normalized spacial score (nSPS) is 19.3. The van der Waals surface area contributed by atoms with Gasteiger partial charge >= 0.3 is 0 Å². The largest absolute Gasteiger partial charge is 0.375 e. The van der Waals surface area contributed by atoms with Crippen LogP contribution in [0.2, 0.25) is 0 Å². The van der Waals surface area contributed by atoms with Crippen molar-refractivity contribution in [3.8, 4) is 0 Å². The molecule has 1 aliphatic rings. The Hall–Kier alpha value is -1.20. The molecule has 0 radical (unpaired) electrons. The highest BCUT2D eigenvalue weighted by Crippen LogP contribution is 2.22. The Labute approximate surface area is 126 Å². The predicted octanol–water partition coefficient (Wildman–Crippen LogP) is 2.58. The number of hydrogen-bond acceptors (Lipinski definition) is 4. The third-order valence-corrected chi connectivity index (χ3v) is 3.67. The Bertz CT molecular complexity index is 453. The number of ether oxygens (including phenoxy) is 1. The van der Waals surface area contributed by atoms with Gasteiger partial charge in [0.2, 0.25) is 0 Å². The van der Waals surface area contributed by atoms with Gasteiger partial charge in [-0.15, -0.1) is 0 Å². The summed E-state index contributed by atoms with van der Waals surface area (Å²) in [6.07, 6.45) is 2.53. The van der Waals surface area contributed by atoms with Crippen LogP contribution in [0.25, 0.3) is 0 Å². The molecular formula is C16H26FN3O. The van der Waals surface area contributed by atoms with Gasteiger partial charge in [-0.3, -0.25) is 0 Å². The summed E-state index contributed by atoms with van der Waals surface area (Å²) in [6.45, 7) is 10.3. The number of halogens is 1. The van der Waals surface area contributed by atoms with Gasteiger partial charge in [0.25, 0.3) is 0 Å². The van der Waals surface area contributed by atoms with Crippen molar-refractivity contribution in [2.75, 3.05) is 31.1 Å². The van der Waals surface area contributed by atoms with Gasteiger partial charge in [0.05, 0.1) is 18.9 Å². The average Bonchev–Trinajstić information content (AvgIpc) is 2.47. The van der Waals surface area contributed by atoms with Gasteiger partial charge in [-0.05, 0) is 24.9 Å². The molecule has 0 spiro atoms. The monoisotopic (exact) mass is 295 g/mol. The smallest absolute Gasteiger partial charge is 0.141 e. The average molecular weight is 295 g/mol. The molecule has 5 heteroatoms. The van der Waals surface area contributed by atoms with Gasteiger partial charge in [0.15, 0.2) is 0 Å². The van der Waals surface area contributed by atoms with E-state index in [9.17, 15) is 4.39 Å². The van der Waals surface area contributed by atoms with Gasteiger partial charge in [-0.2, -0.15) is 0 Å². The third kappa shape index (κ3) is 4.64. The number of morpholine rings is 1. The van der Waals surface area contributed by atoms with Crippen LogP contribution in [0.15, 0.2) is 12.3 Å². The minimum absolute atomic E-state index is 0.238. The Morgan fingerprint density at radius 3 is 3.05 bits per heavy atom. The van der Waals surface area contributed by atoms with E-state index in [0.29, 0.717) is 19.1 Å². The zero-order chi connectivity index (χ0) is 15.2. The van der Waals surface area contributed by atoms with Gasteiger partial charge in [0.1, 0.15) is 11.6 Å². The molecule has 0 amide bonds. The number of pyridine rings is 1. The standard InChI is InChI=1S/C16H26FN3O/c1-4-15-11-20(5-6-21-15)16-13(7-14(17)10-19-16)9-18-8-12(2)3/h7,10,12,15,18H,4-6,8-9,11H2,1-3H3. The fourth-order valence-electron chi connectivity index (χ4n) is 2.54. The van der Waals surface area contributed by atoms with Crippen LogP contribution in [-0.2, 0) is 11.3 Å². The van der Waals surface area contributed by atoms with Crippen molar-refractivity contribution >= 4 is 5.82 Å². The van der Waals surface area contributed by atoms with E-state index in [1.54, 1.807) is 6.07 Å². The van der Waals surface area contributed by atoms with Crippen LogP contribution < -0.4 is 10.2 Å². The molecule has 2 rings (SSSR count). The van der Waals surface area contributed by atoms with Crippen LogP contribution >= 0.6 is 0 Å². The van der Waals surface area contributed by atoms with Crippen molar-refractivity contribution in [2.24, 2.45) is 5.92 Å². The maximum atomic E-state index is 13.5. The Morgan fingerprint density at radius 1 is 1.52 bits per heavy atom. The third-order valence-electron chi connectivity index (χ3n) is 3.67. The molecule has 2 heterocycles. The fourth-order valence-corrected chi connectivity index (χ4v) is 2.54. The Balaban J connectivity index is 2.10. The van der Waals surface area contributed by atoms with E-state index in [4.69, 9.17) is 4.74 Å². The van der Waals surface area contributed by atoms with E-state index in [0.717, 1.165) is 37.4 Å². The molecule has 21 heavy (non-hydrogen) atoms. The number of aromatic nitrogens is 1.